The molecule has 0 saturated heterocycles. The van der Waals surface area contributed by atoms with Crippen molar-refractivity contribution in [2.45, 2.75) is 13.3 Å². The minimum atomic E-state index is -0.940. The van der Waals surface area contributed by atoms with E-state index in [1.165, 1.54) is 12.1 Å². The minimum Gasteiger partial charge on any atom is -0.204 e. The zero-order valence-corrected chi connectivity index (χ0v) is 6.20. The summed E-state index contributed by atoms with van der Waals surface area (Å²) in [4.78, 5) is 0. The van der Waals surface area contributed by atoms with E-state index in [1.807, 2.05) is 0 Å². The molecule has 0 aliphatic heterocycles. The second kappa shape index (κ2) is 3.03. The molecule has 1 rings (SSSR count). The first-order valence-corrected chi connectivity index (χ1v) is 3.39. The molecule has 1 aromatic rings. The van der Waals surface area contributed by atoms with Gasteiger partial charge in [0.2, 0.25) is 0 Å². The summed E-state index contributed by atoms with van der Waals surface area (Å²) in [5.74, 6) is -1.77. The molecule has 0 fully saturated rings. The van der Waals surface area contributed by atoms with Crippen LogP contribution in [0.4, 0.5) is 8.78 Å². The average molecular weight is 152 g/mol. The van der Waals surface area contributed by atoms with Gasteiger partial charge in [-0.2, -0.15) is 0 Å². The summed E-state index contributed by atoms with van der Waals surface area (Å²) in [6.45, 7) is 1.76. The smallest absolute Gasteiger partial charge is 0.161 e. The van der Waals surface area contributed by atoms with Gasteiger partial charge in [-0.3, -0.25) is 0 Å². The van der Waals surface area contributed by atoms with Crippen molar-refractivity contribution in [1.82, 2.24) is 0 Å². The third kappa shape index (κ3) is 1.42. The minimum absolute atomic E-state index is 0.139. The highest BCUT2D eigenvalue weighted by Gasteiger charge is 2.07. The van der Waals surface area contributed by atoms with Gasteiger partial charge in [0.25, 0.3) is 0 Å². The van der Waals surface area contributed by atoms with Gasteiger partial charge in [-0.25, -0.2) is 8.78 Å². The van der Waals surface area contributed by atoms with Crippen LogP contribution in [0.5, 0.6) is 0 Å². The first kappa shape index (κ1) is 8.24. The lowest BCUT2D eigenvalue weighted by atomic mass is 9.93. The zero-order chi connectivity index (χ0) is 8.43. The second-order valence-electron chi connectivity index (χ2n) is 2.30. The maximum atomic E-state index is 12.8. The van der Waals surface area contributed by atoms with Crippen molar-refractivity contribution in [3.05, 3.63) is 29.3 Å². The van der Waals surface area contributed by atoms with Crippen molar-refractivity contribution in [2.24, 2.45) is 0 Å². The molecule has 0 atom stereocenters. The van der Waals surface area contributed by atoms with E-state index in [0.29, 0.717) is 12.0 Å². The van der Waals surface area contributed by atoms with Gasteiger partial charge < -0.3 is 0 Å². The van der Waals surface area contributed by atoms with Gasteiger partial charge in [-0.1, -0.05) is 24.5 Å². The van der Waals surface area contributed by atoms with Gasteiger partial charge in [0.15, 0.2) is 11.6 Å². The highest BCUT2D eigenvalue weighted by Crippen LogP contribution is 2.09. The lowest BCUT2D eigenvalue weighted by molar-refractivity contribution is 0.505. The Hall–Kier alpha value is -0.855. The Morgan fingerprint density at radius 1 is 1.27 bits per heavy atom. The molecule has 56 valence electrons. The molecule has 0 saturated carbocycles. The summed E-state index contributed by atoms with van der Waals surface area (Å²) in [6, 6.07) is 2.87. The summed E-state index contributed by atoms with van der Waals surface area (Å²) in [6.07, 6.45) is 0.475. The lowest BCUT2D eigenvalue weighted by Gasteiger charge is -2.02. The van der Waals surface area contributed by atoms with Crippen LogP contribution in [0.1, 0.15) is 12.5 Å². The van der Waals surface area contributed by atoms with Crippen molar-refractivity contribution >= 4 is 13.3 Å². The van der Waals surface area contributed by atoms with Crippen molar-refractivity contribution in [3.63, 3.8) is 0 Å². The van der Waals surface area contributed by atoms with E-state index < -0.39 is 11.6 Å². The standard InChI is InChI=1S/C8H7BF2/c1-2-5-3-4-6(9)8(11)7(5)10/h3-4H,2H2,1H3. The summed E-state index contributed by atoms with van der Waals surface area (Å²) in [5, 5.41) is 0. The van der Waals surface area contributed by atoms with Crippen LogP contribution in [-0.4, -0.2) is 7.85 Å². The first-order chi connectivity index (χ1) is 5.16. The van der Waals surface area contributed by atoms with Gasteiger partial charge in [0.05, 0.1) is 0 Å². The predicted octanol–water partition coefficient (Wildman–Crippen LogP) is 1.32. The third-order valence-corrected chi connectivity index (χ3v) is 1.57. The fraction of sp³-hybridized carbons (Fsp3) is 0.250. The van der Waals surface area contributed by atoms with Crippen LogP contribution in [0.15, 0.2) is 12.1 Å². The van der Waals surface area contributed by atoms with Crippen LogP contribution < -0.4 is 5.46 Å². The topological polar surface area (TPSA) is 0 Å². The molecular formula is C8H7BF2. The quantitative estimate of drug-likeness (QED) is 0.532. The average Bonchev–Trinajstić information content (AvgIpc) is 2.01. The molecule has 0 bridgehead atoms. The molecule has 0 nitrogen and oxygen atoms in total. The SMILES string of the molecule is [B]c1ccc(CC)c(F)c1F. The molecule has 0 unspecified atom stereocenters. The summed E-state index contributed by atoms with van der Waals surface area (Å²) < 4.78 is 25.5. The molecule has 0 aliphatic rings. The summed E-state index contributed by atoms with van der Waals surface area (Å²) in [5.41, 5.74) is 0.219. The molecule has 0 aromatic heterocycles. The highest BCUT2D eigenvalue weighted by atomic mass is 19.2. The van der Waals surface area contributed by atoms with Crippen molar-refractivity contribution in [2.75, 3.05) is 0 Å². The molecule has 11 heavy (non-hydrogen) atoms. The maximum Gasteiger partial charge on any atom is 0.161 e. The van der Waals surface area contributed by atoms with E-state index in [0.717, 1.165) is 0 Å². The molecule has 0 heterocycles. The Morgan fingerprint density at radius 3 is 2.45 bits per heavy atom. The number of hydrogen-bond donors (Lipinski definition) is 0. The van der Waals surface area contributed by atoms with E-state index in [2.05, 4.69) is 0 Å². The van der Waals surface area contributed by atoms with E-state index in [-0.39, 0.29) is 5.46 Å². The van der Waals surface area contributed by atoms with Gasteiger partial charge in [0, 0.05) is 0 Å². The monoisotopic (exact) mass is 152 g/mol. The van der Waals surface area contributed by atoms with Crippen LogP contribution in [0.25, 0.3) is 0 Å². The highest BCUT2D eigenvalue weighted by molar-refractivity contribution is 6.32. The Labute approximate surface area is 65.6 Å². The normalized spacial score (nSPS) is 10.1. The molecule has 0 amide bonds. The lowest BCUT2D eigenvalue weighted by Crippen LogP contribution is -2.12. The second-order valence-corrected chi connectivity index (χ2v) is 2.30. The van der Waals surface area contributed by atoms with E-state index >= 15 is 0 Å². The van der Waals surface area contributed by atoms with Crippen molar-refractivity contribution in [1.29, 1.82) is 0 Å². The van der Waals surface area contributed by atoms with Gasteiger partial charge in [-0.05, 0) is 12.0 Å². The first-order valence-electron chi connectivity index (χ1n) is 3.39. The maximum absolute atomic E-state index is 12.8. The van der Waals surface area contributed by atoms with Crippen molar-refractivity contribution in [3.8, 4) is 0 Å². The third-order valence-electron chi connectivity index (χ3n) is 1.57. The van der Waals surface area contributed by atoms with Gasteiger partial charge in [0.1, 0.15) is 7.85 Å². The van der Waals surface area contributed by atoms with E-state index in [1.54, 1.807) is 6.92 Å². The molecule has 1 aromatic carbocycles. The Kier molecular flexibility index (Phi) is 2.27. The predicted molar refractivity (Wildman–Crippen MR) is 41.1 cm³/mol. The van der Waals surface area contributed by atoms with Crippen LogP contribution in [0, 0.1) is 11.6 Å². The van der Waals surface area contributed by atoms with Crippen LogP contribution in [-0.2, 0) is 6.42 Å². The molecule has 0 aliphatic carbocycles. The molecule has 0 spiro atoms. The summed E-state index contributed by atoms with van der Waals surface area (Å²) >= 11 is 0. The fourth-order valence-corrected chi connectivity index (χ4v) is 0.877. The van der Waals surface area contributed by atoms with Crippen molar-refractivity contribution < 1.29 is 8.78 Å². The number of halogens is 2. The summed E-state index contributed by atoms with van der Waals surface area (Å²) in [7, 11) is 5.13. The van der Waals surface area contributed by atoms with Crippen LogP contribution in [0.2, 0.25) is 0 Å². The molecule has 3 heteroatoms. The fourth-order valence-electron chi connectivity index (χ4n) is 0.877. The Balaban J connectivity index is 3.25. The molecule has 0 N–H and O–H groups in total. The van der Waals surface area contributed by atoms with E-state index in [4.69, 9.17) is 7.85 Å². The number of benzene rings is 1. The number of aryl methyl sites for hydroxylation is 1. The van der Waals surface area contributed by atoms with Crippen LogP contribution >= 0.6 is 0 Å². The Bertz CT molecular complexity index is 271. The Morgan fingerprint density at radius 2 is 1.91 bits per heavy atom. The largest absolute Gasteiger partial charge is 0.204 e. The van der Waals surface area contributed by atoms with E-state index in [9.17, 15) is 8.78 Å². The zero-order valence-electron chi connectivity index (χ0n) is 6.20. The van der Waals surface area contributed by atoms with Gasteiger partial charge in [-0.15, -0.1) is 0 Å². The molecular weight excluding hydrogens is 145 g/mol. The van der Waals surface area contributed by atoms with Crippen LogP contribution in [0.3, 0.4) is 0 Å². The molecule has 2 radical (unpaired) electrons. The number of rotatable bonds is 1. The van der Waals surface area contributed by atoms with Gasteiger partial charge >= 0.3 is 0 Å². The number of hydrogen-bond acceptors (Lipinski definition) is 0.